The molecule has 0 aliphatic heterocycles. The Morgan fingerprint density at radius 3 is 1.92 bits per heavy atom. The van der Waals surface area contributed by atoms with Gasteiger partial charge in [-0.1, -0.05) is 35.4 Å². The Labute approximate surface area is 151 Å². The van der Waals surface area contributed by atoms with Crippen LogP contribution in [0, 0.1) is 13.8 Å². The van der Waals surface area contributed by atoms with Crippen LogP contribution >= 0.6 is 0 Å². The minimum Gasteiger partial charge on any atom is -0.476 e. The molecule has 0 saturated heterocycles. The number of benzene rings is 2. The van der Waals surface area contributed by atoms with Gasteiger partial charge < -0.3 is 10.4 Å². The first-order valence-corrected chi connectivity index (χ1v) is 7.92. The van der Waals surface area contributed by atoms with Gasteiger partial charge in [0.2, 0.25) is 0 Å². The van der Waals surface area contributed by atoms with Gasteiger partial charge in [-0.15, -0.1) is 0 Å². The number of aryl methyl sites for hydroxylation is 2. The van der Waals surface area contributed by atoms with Crippen molar-refractivity contribution < 1.29 is 14.7 Å². The molecule has 7 heteroatoms. The fourth-order valence-corrected chi connectivity index (χ4v) is 2.03. The number of aliphatic imine (C=N–C) groups is 1. The summed E-state index contributed by atoms with van der Waals surface area (Å²) in [7, 11) is 1.40. The molecule has 2 rings (SSSR count). The summed E-state index contributed by atoms with van der Waals surface area (Å²) in [6.45, 7) is 3.86. The molecule has 0 aliphatic rings. The lowest BCUT2D eigenvalue weighted by Gasteiger charge is -2.07. The lowest BCUT2D eigenvalue weighted by Crippen LogP contribution is -2.38. The largest absolute Gasteiger partial charge is 0.476 e. The van der Waals surface area contributed by atoms with Gasteiger partial charge in [0.1, 0.15) is 0 Å². The standard InChI is InChI=1S/C19H20N4O3/c1-12-4-8-14(9-5-12)21-17(19(25)26)16(18(24)20-3)23-22-15-10-6-13(2)7-11-15/h4-11,22H,1-3H3,(H,20,24)(H,25,26). The predicted octanol–water partition coefficient (Wildman–Crippen LogP) is 2.67. The maximum Gasteiger partial charge on any atom is 0.357 e. The van der Waals surface area contributed by atoms with Crippen molar-refractivity contribution in [2.45, 2.75) is 13.8 Å². The van der Waals surface area contributed by atoms with E-state index in [1.165, 1.54) is 7.05 Å². The maximum absolute atomic E-state index is 12.2. The predicted molar refractivity (Wildman–Crippen MR) is 102 cm³/mol. The summed E-state index contributed by atoms with van der Waals surface area (Å²) in [6, 6.07) is 14.3. The molecule has 26 heavy (non-hydrogen) atoms. The van der Waals surface area contributed by atoms with E-state index >= 15 is 0 Å². The molecule has 0 saturated carbocycles. The topological polar surface area (TPSA) is 103 Å². The Morgan fingerprint density at radius 1 is 0.885 bits per heavy atom. The fraction of sp³-hybridized carbons (Fsp3) is 0.158. The van der Waals surface area contributed by atoms with E-state index in [9.17, 15) is 14.7 Å². The van der Waals surface area contributed by atoms with Gasteiger partial charge in [0, 0.05) is 7.05 Å². The summed E-state index contributed by atoms with van der Waals surface area (Å²) in [6.07, 6.45) is 0. The number of nitrogens with zero attached hydrogens (tertiary/aromatic N) is 2. The third-order valence-corrected chi connectivity index (χ3v) is 3.49. The van der Waals surface area contributed by atoms with Crippen LogP contribution in [0.25, 0.3) is 0 Å². The molecule has 0 aromatic heterocycles. The van der Waals surface area contributed by atoms with Gasteiger partial charge in [-0.2, -0.15) is 5.10 Å². The number of anilines is 1. The van der Waals surface area contributed by atoms with Crippen molar-refractivity contribution in [1.82, 2.24) is 5.32 Å². The first kappa shape index (κ1) is 18.9. The number of hydrogen-bond donors (Lipinski definition) is 3. The van der Waals surface area contributed by atoms with Gasteiger partial charge in [0.25, 0.3) is 5.91 Å². The molecule has 7 nitrogen and oxygen atoms in total. The molecule has 0 atom stereocenters. The van der Waals surface area contributed by atoms with Crippen molar-refractivity contribution in [1.29, 1.82) is 0 Å². The number of hydrazone groups is 1. The summed E-state index contributed by atoms with van der Waals surface area (Å²) >= 11 is 0. The summed E-state index contributed by atoms with van der Waals surface area (Å²) in [4.78, 5) is 27.9. The molecular weight excluding hydrogens is 332 g/mol. The normalized spacial score (nSPS) is 11.8. The van der Waals surface area contributed by atoms with Crippen LogP contribution in [0.15, 0.2) is 58.6 Å². The van der Waals surface area contributed by atoms with Crippen LogP contribution in [-0.4, -0.2) is 35.5 Å². The first-order valence-electron chi connectivity index (χ1n) is 7.92. The highest BCUT2D eigenvalue weighted by atomic mass is 16.4. The minimum absolute atomic E-state index is 0.318. The Bertz CT molecular complexity index is 853. The Morgan fingerprint density at radius 2 is 1.42 bits per heavy atom. The van der Waals surface area contributed by atoms with E-state index in [4.69, 9.17) is 0 Å². The fourth-order valence-electron chi connectivity index (χ4n) is 2.03. The zero-order valence-electron chi connectivity index (χ0n) is 14.8. The highest BCUT2D eigenvalue weighted by Gasteiger charge is 2.24. The third kappa shape index (κ3) is 5.01. The van der Waals surface area contributed by atoms with Crippen LogP contribution in [0.5, 0.6) is 0 Å². The molecule has 0 radical (unpaired) electrons. The van der Waals surface area contributed by atoms with Gasteiger partial charge in [-0.3, -0.25) is 10.2 Å². The van der Waals surface area contributed by atoms with Crippen LogP contribution in [0.1, 0.15) is 11.1 Å². The molecule has 0 heterocycles. The zero-order chi connectivity index (χ0) is 19.1. The highest BCUT2D eigenvalue weighted by Crippen LogP contribution is 2.14. The van der Waals surface area contributed by atoms with Crippen molar-refractivity contribution in [3.63, 3.8) is 0 Å². The van der Waals surface area contributed by atoms with Gasteiger partial charge in [-0.05, 0) is 38.1 Å². The number of aliphatic carboxylic acids is 1. The molecule has 3 N–H and O–H groups in total. The van der Waals surface area contributed by atoms with Gasteiger partial charge in [0.15, 0.2) is 11.4 Å². The first-order chi connectivity index (χ1) is 12.4. The number of rotatable bonds is 6. The average Bonchev–Trinajstić information content (AvgIpc) is 2.63. The van der Waals surface area contributed by atoms with Crippen molar-refractivity contribution in [2.24, 2.45) is 10.1 Å². The Kier molecular flexibility index (Phi) is 6.21. The molecule has 2 aromatic carbocycles. The Balaban J connectivity index is 2.41. The number of amides is 1. The second-order valence-corrected chi connectivity index (χ2v) is 5.62. The molecule has 134 valence electrons. The van der Waals surface area contributed by atoms with E-state index in [-0.39, 0.29) is 5.71 Å². The molecule has 0 bridgehead atoms. The summed E-state index contributed by atoms with van der Waals surface area (Å²) < 4.78 is 0. The van der Waals surface area contributed by atoms with E-state index in [2.05, 4.69) is 20.8 Å². The van der Waals surface area contributed by atoms with Crippen molar-refractivity contribution in [3.05, 3.63) is 59.7 Å². The second-order valence-electron chi connectivity index (χ2n) is 5.62. The number of carboxylic acids is 1. The highest BCUT2D eigenvalue weighted by molar-refractivity contribution is 6.80. The number of nitrogens with one attached hydrogen (secondary N) is 2. The van der Waals surface area contributed by atoms with E-state index in [0.29, 0.717) is 11.4 Å². The third-order valence-electron chi connectivity index (χ3n) is 3.49. The smallest absolute Gasteiger partial charge is 0.357 e. The van der Waals surface area contributed by atoms with E-state index in [0.717, 1.165) is 11.1 Å². The summed E-state index contributed by atoms with van der Waals surface area (Å²) in [5, 5.41) is 15.9. The van der Waals surface area contributed by atoms with Gasteiger partial charge in [-0.25, -0.2) is 9.79 Å². The quantitative estimate of drug-likeness (QED) is 0.549. The van der Waals surface area contributed by atoms with E-state index in [1.807, 2.05) is 26.0 Å². The monoisotopic (exact) mass is 352 g/mol. The van der Waals surface area contributed by atoms with Crippen molar-refractivity contribution in [2.75, 3.05) is 12.5 Å². The molecule has 0 spiro atoms. The van der Waals surface area contributed by atoms with E-state index < -0.39 is 17.6 Å². The molecular formula is C19H20N4O3. The van der Waals surface area contributed by atoms with Crippen molar-refractivity contribution in [3.8, 4) is 0 Å². The average molecular weight is 352 g/mol. The summed E-state index contributed by atoms with van der Waals surface area (Å²) in [5.41, 5.74) is 5.05. The molecule has 0 aliphatic carbocycles. The van der Waals surface area contributed by atoms with Gasteiger partial charge >= 0.3 is 5.97 Å². The van der Waals surface area contributed by atoms with E-state index in [1.54, 1.807) is 36.4 Å². The lowest BCUT2D eigenvalue weighted by molar-refractivity contribution is -0.129. The minimum atomic E-state index is -1.35. The second kappa shape index (κ2) is 8.57. The molecule has 0 fully saturated rings. The molecule has 0 unspecified atom stereocenters. The maximum atomic E-state index is 12.2. The van der Waals surface area contributed by atoms with Crippen LogP contribution in [0.4, 0.5) is 11.4 Å². The molecule has 2 aromatic rings. The Hall–Kier alpha value is -3.48. The van der Waals surface area contributed by atoms with Gasteiger partial charge in [0.05, 0.1) is 11.4 Å². The van der Waals surface area contributed by atoms with Crippen LogP contribution in [-0.2, 0) is 9.59 Å². The number of carboxylic acid groups (broad SMARTS) is 1. The van der Waals surface area contributed by atoms with Crippen LogP contribution in [0.2, 0.25) is 0 Å². The number of hydrogen-bond acceptors (Lipinski definition) is 5. The van der Waals surface area contributed by atoms with Crippen molar-refractivity contribution >= 4 is 34.7 Å². The summed E-state index contributed by atoms with van der Waals surface area (Å²) in [5.74, 6) is -2.00. The molecule has 1 amide bonds. The number of carbonyl (C=O) groups excluding carboxylic acids is 1. The van der Waals surface area contributed by atoms with Crippen LogP contribution < -0.4 is 10.7 Å². The lowest BCUT2D eigenvalue weighted by atomic mass is 10.2. The van der Waals surface area contributed by atoms with Crippen LogP contribution in [0.3, 0.4) is 0 Å². The number of carbonyl (C=O) groups is 2. The zero-order valence-corrected chi connectivity index (χ0v) is 14.8. The SMILES string of the molecule is CNC(=O)C(=NNc1ccc(C)cc1)C(=Nc1ccc(C)cc1)C(=O)O.